The largest absolute Gasteiger partial charge is 0.497 e. The smallest absolute Gasteiger partial charge is 0.296 e. The third kappa shape index (κ3) is 4.84. The summed E-state index contributed by atoms with van der Waals surface area (Å²) in [5, 5.41) is 0. The van der Waals surface area contributed by atoms with Crippen molar-refractivity contribution < 1.29 is 14.3 Å². The fraction of sp³-hybridized carbons (Fsp3) is 0.129. The Morgan fingerprint density at radius 3 is 2.30 bits per heavy atom. The molecule has 6 rings (SSSR count). The number of hydrogen-bond acceptors (Lipinski definition) is 8. The lowest BCUT2D eigenvalue weighted by atomic mass is 10.2. The summed E-state index contributed by atoms with van der Waals surface area (Å²) >= 11 is 6.60. The number of nitrogens with zero attached hydrogens (tertiary/aromatic N) is 5. The van der Waals surface area contributed by atoms with Crippen LogP contribution in [0.1, 0.15) is 16.8 Å². The average molecular weight is 612 g/mol. The van der Waals surface area contributed by atoms with Crippen LogP contribution in [0.5, 0.6) is 17.4 Å². The van der Waals surface area contributed by atoms with Crippen molar-refractivity contribution in [2.24, 2.45) is 7.05 Å². The number of aryl methyl sites for hydroxylation is 1. The van der Waals surface area contributed by atoms with Gasteiger partial charge in [-0.05, 0) is 68.0 Å². The summed E-state index contributed by atoms with van der Waals surface area (Å²) in [6.07, 6.45) is 3.03. The van der Waals surface area contributed by atoms with Crippen LogP contribution in [0.15, 0.2) is 87.4 Å². The second-order valence-electron chi connectivity index (χ2n) is 9.73. The Morgan fingerprint density at radius 1 is 0.907 bits per heavy atom. The Labute approximate surface area is 255 Å². The molecule has 0 aliphatic carbocycles. The van der Waals surface area contributed by atoms with Gasteiger partial charge in [0.25, 0.3) is 17.0 Å². The summed E-state index contributed by atoms with van der Waals surface area (Å²) in [7, 11) is 3.31. The maximum Gasteiger partial charge on any atom is 0.296 e. The topological polar surface area (TPSA) is 100 Å². The molecule has 2 aromatic carbocycles. The number of pyridine rings is 1. The molecular weight excluding hydrogens is 587 g/mol. The van der Waals surface area contributed by atoms with Crippen molar-refractivity contribution in [1.29, 1.82) is 0 Å². The standard InChI is InChI=1S/C31H25N5O5S2/c1-18-9-8-16-34-26(18)32-27(41-22-14-12-21(40-4)13-15-22)23(28(34)37)17-24-29(38)35(31(42)43-24)25-19(2)33(3)36(30(25)39)20-10-6-5-7-11-20/h5-17H,1-4H3/b24-17+. The van der Waals surface area contributed by atoms with E-state index in [9.17, 15) is 14.4 Å². The lowest BCUT2D eigenvalue weighted by Crippen LogP contribution is -2.33. The zero-order valence-corrected chi connectivity index (χ0v) is 25.2. The van der Waals surface area contributed by atoms with E-state index in [1.54, 1.807) is 74.4 Å². The minimum absolute atomic E-state index is 0.0251. The molecule has 0 spiro atoms. The molecule has 0 bridgehead atoms. The second kappa shape index (κ2) is 11.0. The van der Waals surface area contributed by atoms with Gasteiger partial charge in [0.15, 0.2) is 4.32 Å². The Kier molecular flexibility index (Phi) is 7.24. The van der Waals surface area contributed by atoms with Crippen molar-refractivity contribution in [1.82, 2.24) is 18.7 Å². The van der Waals surface area contributed by atoms with Gasteiger partial charge in [0, 0.05) is 13.2 Å². The van der Waals surface area contributed by atoms with E-state index in [0.717, 1.165) is 17.3 Å². The molecule has 10 nitrogen and oxygen atoms in total. The molecule has 5 aromatic rings. The van der Waals surface area contributed by atoms with Gasteiger partial charge in [0.2, 0.25) is 5.88 Å². The number of anilines is 1. The van der Waals surface area contributed by atoms with Crippen LogP contribution in [-0.4, -0.2) is 36.1 Å². The number of para-hydroxylation sites is 1. The number of thioether (sulfide) groups is 1. The highest BCUT2D eigenvalue weighted by atomic mass is 32.2. The number of ether oxygens (including phenoxy) is 2. The summed E-state index contributed by atoms with van der Waals surface area (Å²) < 4.78 is 16.1. The molecule has 1 aliphatic heterocycles. The first-order chi connectivity index (χ1) is 20.7. The number of methoxy groups -OCH3 is 1. The third-order valence-electron chi connectivity index (χ3n) is 7.14. The van der Waals surface area contributed by atoms with Crippen LogP contribution in [0.25, 0.3) is 17.4 Å². The molecule has 1 fully saturated rings. The van der Waals surface area contributed by atoms with Gasteiger partial charge in [-0.3, -0.25) is 28.4 Å². The molecular formula is C31H25N5O5S2. The van der Waals surface area contributed by atoms with E-state index in [1.807, 2.05) is 31.2 Å². The van der Waals surface area contributed by atoms with Crippen LogP contribution < -0.4 is 25.5 Å². The lowest BCUT2D eigenvalue weighted by Gasteiger charge is -2.13. The van der Waals surface area contributed by atoms with Crippen LogP contribution in [0.4, 0.5) is 5.69 Å². The van der Waals surface area contributed by atoms with E-state index in [1.165, 1.54) is 20.1 Å². The van der Waals surface area contributed by atoms with Crippen LogP contribution in [0, 0.1) is 13.8 Å². The number of carbonyl (C=O) groups excluding carboxylic acids is 1. The summed E-state index contributed by atoms with van der Waals surface area (Å²) in [5.74, 6) is 0.567. The normalized spacial score (nSPS) is 14.2. The Morgan fingerprint density at radius 2 is 1.60 bits per heavy atom. The van der Waals surface area contributed by atoms with E-state index >= 15 is 0 Å². The predicted molar refractivity (Wildman–Crippen MR) is 171 cm³/mol. The number of rotatable bonds is 6. The number of carbonyl (C=O) groups is 1. The number of amides is 1. The number of fused-ring (bicyclic) bond motifs is 1. The predicted octanol–water partition coefficient (Wildman–Crippen LogP) is 5.01. The molecule has 1 saturated heterocycles. The molecule has 0 saturated carbocycles. The highest BCUT2D eigenvalue weighted by Gasteiger charge is 2.38. The Balaban J connectivity index is 1.46. The second-order valence-corrected chi connectivity index (χ2v) is 11.4. The lowest BCUT2D eigenvalue weighted by molar-refractivity contribution is -0.113. The minimum Gasteiger partial charge on any atom is -0.497 e. The molecule has 0 unspecified atom stereocenters. The minimum atomic E-state index is -0.523. The van der Waals surface area contributed by atoms with Crippen LogP contribution in [0.3, 0.4) is 0 Å². The summed E-state index contributed by atoms with van der Waals surface area (Å²) in [4.78, 5) is 47.3. The first-order valence-electron chi connectivity index (χ1n) is 13.2. The molecule has 43 heavy (non-hydrogen) atoms. The first-order valence-corrected chi connectivity index (χ1v) is 14.4. The Hall–Kier alpha value is -4.94. The van der Waals surface area contributed by atoms with Gasteiger partial charge in [-0.1, -0.05) is 48.2 Å². The van der Waals surface area contributed by atoms with Gasteiger partial charge >= 0.3 is 0 Å². The first kappa shape index (κ1) is 28.2. The van der Waals surface area contributed by atoms with Crippen LogP contribution >= 0.6 is 24.0 Å². The number of thiocarbonyl (C=S) groups is 1. The van der Waals surface area contributed by atoms with E-state index in [4.69, 9.17) is 21.7 Å². The quantitative estimate of drug-likeness (QED) is 0.195. The molecule has 0 radical (unpaired) electrons. The van der Waals surface area contributed by atoms with Crippen molar-refractivity contribution in [2.45, 2.75) is 13.8 Å². The van der Waals surface area contributed by atoms with E-state index in [0.29, 0.717) is 28.5 Å². The Bertz CT molecular complexity index is 2080. The molecule has 216 valence electrons. The van der Waals surface area contributed by atoms with E-state index in [-0.39, 0.29) is 26.4 Å². The van der Waals surface area contributed by atoms with E-state index < -0.39 is 17.0 Å². The van der Waals surface area contributed by atoms with Crippen molar-refractivity contribution in [3.63, 3.8) is 0 Å². The van der Waals surface area contributed by atoms with Gasteiger partial charge in [-0.25, -0.2) is 4.68 Å². The zero-order chi connectivity index (χ0) is 30.4. The SMILES string of the molecule is COc1ccc(Oc2nc3c(C)cccn3c(=O)c2/C=C2/SC(=S)N(c3c(C)n(C)n(-c4ccccc4)c3=O)C2=O)cc1. The molecule has 3 aromatic heterocycles. The van der Waals surface area contributed by atoms with Crippen LogP contribution in [-0.2, 0) is 11.8 Å². The van der Waals surface area contributed by atoms with Gasteiger partial charge < -0.3 is 9.47 Å². The van der Waals surface area contributed by atoms with Crippen molar-refractivity contribution in [3.05, 3.63) is 115 Å². The van der Waals surface area contributed by atoms with Crippen molar-refractivity contribution in [3.8, 4) is 23.1 Å². The fourth-order valence-electron chi connectivity index (χ4n) is 4.85. The van der Waals surface area contributed by atoms with Gasteiger partial charge in [0.05, 0.1) is 23.4 Å². The molecule has 1 amide bonds. The highest BCUT2D eigenvalue weighted by Crippen LogP contribution is 2.37. The molecule has 12 heteroatoms. The summed E-state index contributed by atoms with van der Waals surface area (Å²) in [5.41, 5.74) is 1.78. The maximum atomic E-state index is 13.9. The van der Waals surface area contributed by atoms with Crippen LogP contribution in [0.2, 0.25) is 0 Å². The van der Waals surface area contributed by atoms with Gasteiger partial charge in [-0.15, -0.1) is 0 Å². The van der Waals surface area contributed by atoms with Gasteiger partial charge in [0.1, 0.15) is 28.4 Å². The zero-order valence-electron chi connectivity index (χ0n) is 23.6. The third-order valence-corrected chi connectivity index (χ3v) is 8.44. The average Bonchev–Trinajstić information content (AvgIpc) is 3.40. The van der Waals surface area contributed by atoms with Gasteiger partial charge in [-0.2, -0.15) is 4.98 Å². The molecule has 0 N–H and O–H groups in total. The highest BCUT2D eigenvalue weighted by molar-refractivity contribution is 8.27. The number of benzene rings is 2. The van der Waals surface area contributed by atoms with Crippen molar-refractivity contribution >= 4 is 51.6 Å². The van der Waals surface area contributed by atoms with E-state index in [2.05, 4.69) is 4.98 Å². The molecule has 0 atom stereocenters. The fourth-order valence-corrected chi connectivity index (χ4v) is 6.10. The molecule has 4 heterocycles. The summed E-state index contributed by atoms with van der Waals surface area (Å²) in [6, 6.07) is 19.6. The van der Waals surface area contributed by atoms with Crippen molar-refractivity contribution in [2.75, 3.05) is 12.0 Å². The maximum absolute atomic E-state index is 13.9. The number of hydrogen-bond donors (Lipinski definition) is 0. The monoisotopic (exact) mass is 611 g/mol. The number of aromatic nitrogens is 4. The summed E-state index contributed by atoms with van der Waals surface area (Å²) in [6.45, 7) is 3.59. The molecule has 1 aliphatic rings.